The summed E-state index contributed by atoms with van der Waals surface area (Å²) in [5.74, 6) is -2.87. The second-order valence-corrected chi connectivity index (χ2v) is 11.7. The number of carbonyl (C=O) groups is 5. The summed E-state index contributed by atoms with van der Waals surface area (Å²) >= 11 is 0. The molecule has 0 saturated carbocycles. The van der Waals surface area contributed by atoms with Gasteiger partial charge in [0.05, 0.1) is 12.6 Å². The largest absolute Gasteiger partial charge is 0.508 e. The molecule has 0 unspecified atom stereocenters. The van der Waals surface area contributed by atoms with Crippen LogP contribution in [0.25, 0.3) is 0 Å². The molecule has 0 spiro atoms. The summed E-state index contributed by atoms with van der Waals surface area (Å²) in [5, 5.41) is 19.8. The Morgan fingerprint density at radius 3 is 2.30 bits per heavy atom. The van der Waals surface area contributed by atoms with E-state index in [0.29, 0.717) is 0 Å². The van der Waals surface area contributed by atoms with Crippen molar-refractivity contribution in [1.29, 1.82) is 0 Å². The van der Waals surface area contributed by atoms with Crippen LogP contribution in [-0.2, 0) is 36.8 Å². The summed E-state index contributed by atoms with van der Waals surface area (Å²) in [7, 11) is 2.39. The molecule has 2 aromatic carbocycles. The second kappa shape index (κ2) is 15.1. The lowest BCUT2D eigenvalue weighted by Crippen LogP contribution is -2.57. The molecule has 40 heavy (non-hydrogen) atoms. The number of nitrogens with two attached hydrogens (primary N) is 2. The van der Waals surface area contributed by atoms with E-state index in [1.54, 1.807) is 36.4 Å². The van der Waals surface area contributed by atoms with Crippen LogP contribution in [0.1, 0.15) is 11.1 Å². The maximum atomic E-state index is 13.0. The van der Waals surface area contributed by atoms with Crippen LogP contribution in [-0.4, -0.2) is 76.9 Å². The molecule has 2 aromatic rings. The highest BCUT2D eigenvalue weighted by Crippen LogP contribution is 2.23. The third-order valence-electron chi connectivity index (χ3n) is 5.93. The minimum atomic E-state index is -1.03. The quantitative estimate of drug-likeness (QED) is 0.197. The maximum absolute atomic E-state index is 13.0. The molecular formula is C26H32N6O6S2. The van der Waals surface area contributed by atoms with E-state index in [1.165, 1.54) is 33.7 Å². The van der Waals surface area contributed by atoms with Crippen LogP contribution in [0.4, 0.5) is 0 Å². The van der Waals surface area contributed by atoms with Crippen LogP contribution in [0.3, 0.4) is 0 Å². The number of aromatic hydroxyl groups is 1. The van der Waals surface area contributed by atoms with Gasteiger partial charge in [-0.1, -0.05) is 64.1 Å². The Morgan fingerprint density at radius 1 is 0.950 bits per heavy atom. The smallest absolute Gasteiger partial charge is 0.243 e. The minimum Gasteiger partial charge on any atom is -0.508 e. The Kier molecular flexibility index (Phi) is 11.7. The predicted molar refractivity (Wildman–Crippen MR) is 153 cm³/mol. The molecule has 1 saturated heterocycles. The monoisotopic (exact) mass is 588 g/mol. The molecule has 0 radical (unpaired) electrons. The number of benzene rings is 2. The first-order valence-electron chi connectivity index (χ1n) is 12.4. The van der Waals surface area contributed by atoms with Crippen molar-refractivity contribution in [2.45, 2.75) is 37.0 Å². The van der Waals surface area contributed by atoms with E-state index >= 15 is 0 Å². The Morgan fingerprint density at radius 2 is 1.62 bits per heavy atom. The van der Waals surface area contributed by atoms with Crippen LogP contribution < -0.4 is 32.7 Å². The summed E-state index contributed by atoms with van der Waals surface area (Å²) in [5.41, 5.74) is 13.1. The molecule has 214 valence electrons. The highest BCUT2D eigenvalue weighted by molar-refractivity contribution is 8.76. The number of phenolic OH excluding ortho intramolecular Hbond substituents is 1. The minimum absolute atomic E-state index is 0.0845. The average molecular weight is 589 g/mol. The van der Waals surface area contributed by atoms with Gasteiger partial charge in [0.15, 0.2) is 0 Å². The number of nitrogens with one attached hydrogen (secondary N) is 4. The number of carbonyl (C=O) groups excluding carboxylic acids is 5. The van der Waals surface area contributed by atoms with E-state index < -0.39 is 60.2 Å². The second-order valence-electron chi connectivity index (χ2n) is 9.10. The number of rotatable bonds is 7. The summed E-state index contributed by atoms with van der Waals surface area (Å²) in [4.78, 5) is 63.4. The Hall–Kier alpha value is -3.75. The molecule has 14 heteroatoms. The van der Waals surface area contributed by atoms with Gasteiger partial charge in [-0.15, -0.1) is 0 Å². The molecule has 4 atom stereocenters. The summed E-state index contributed by atoms with van der Waals surface area (Å²) in [6, 6.07) is 11.2. The van der Waals surface area contributed by atoms with Gasteiger partial charge in [-0.3, -0.25) is 24.0 Å². The predicted octanol–water partition coefficient (Wildman–Crippen LogP) is -1.04. The lowest BCUT2D eigenvalue weighted by molar-refractivity contribution is -0.132. The van der Waals surface area contributed by atoms with Gasteiger partial charge in [0.25, 0.3) is 0 Å². The third kappa shape index (κ3) is 9.77. The van der Waals surface area contributed by atoms with Crippen LogP contribution >= 0.6 is 21.6 Å². The van der Waals surface area contributed by atoms with Crippen LogP contribution in [0.15, 0.2) is 54.6 Å². The number of phenols is 1. The Balaban J connectivity index is 1.70. The van der Waals surface area contributed by atoms with Gasteiger partial charge in [0.2, 0.25) is 29.5 Å². The first-order chi connectivity index (χ1) is 19.1. The van der Waals surface area contributed by atoms with Crippen molar-refractivity contribution in [2.24, 2.45) is 11.5 Å². The zero-order valence-corrected chi connectivity index (χ0v) is 23.1. The molecule has 1 fully saturated rings. The van der Waals surface area contributed by atoms with Gasteiger partial charge < -0.3 is 37.8 Å². The van der Waals surface area contributed by atoms with Crippen LogP contribution in [0.2, 0.25) is 0 Å². The molecular weight excluding hydrogens is 556 g/mol. The van der Waals surface area contributed by atoms with E-state index in [0.717, 1.165) is 11.1 Å². The third-order valence-corrected chi connectivity index (χ3v) is 8.35. The Bertz CT molecular complexity index is 1200. The van der Waals surface area contributed by atoms with E-state index in [1.807, 2.05) is 6.07 Å². The first kappa shape index (κ1) is 30.8. The van der Waals surface area contributed by atoms with Gasteiger partial charge in [-0.05, 0) is 29.7 Å². The molecule has 0 aromatic heterocycles. The summed E-state index contributed by atoms with van der Waals surface area (Å²) in [6.07, 6.45) is 0.324. The lowest BCUT2D eigenvalue weighted by Gasteiger charge is -2.24. The van der Waals surface area contributed by atoms with E-state index in [4.69, 9.17) is 11.5 Å². The Labute approximate surface area is 239 Å². The topological polar surface area (TPSA) is 206 Å². The fourth-order valence-electron chi connectivity index (χ4n) is 3.73. The van der Waals surface area contributed by atoms with Crippen LogP contribution in [0.5, 0.6) is 5.75 Å². The van der Waals surface area contributed by atoms with E-state index in [9.17, 15) is 29.1 Å². The normalized spacial score (nSPS) is 21.6. The zero-order valence-electron chi connectivity index (χ0n) is 21.5. The van der Waals surface area contributed by atoms with Crippen molar-refractivity contribution in [3.8, 4) is 5.75 Å². The maximum Gasteiger partial charge on any atom is 0.243 e. The molecule has 1 aliphatic rings. The van der Waals surface area contributed by atoms with Crippen molar-refractivity contribution in [3.05, 3.63) is 65.7 Å². The number of amides is 5. The number of hydrogen-bond donors (Lipinski definition) is 7. The van der Waals surface area contributed by atoms with Crippen molar-refractivity contribution in [2.75, 3.05) is 18.1 Å². The highest BCUT2D eigenvalue weighted by Gasteiger charge is 2.29. The molecule has 1 heterocycles. The van der Waals surface area contributed by atoms with Gasteiger partial charge in [-0.2, -0.15) is 0 Å². The highest BCUT2D eigenvalue weighted by atomic mass is 33.1. The molecule has 0 aliphatic carbocycles. The molecule has 9 N–H and O–H groups in total. The van der Waals surface area contributed by atoms with Gasteiger partial charge >= 0.3 is 0 Å². The first-order valence-corrected chi connectivity index (χ1v) is 14.9. The van der Waals surface area contributed by atoms with E-state index in [2.05, 4.69) is 21.3 Å². The number of primary amides is 1. The molecule has 12 nitrogen and oxygen atoms in total. The van der Waals surface area contributed by atoms with Crippen molar-refractivity contribution >= 4 is 51.1 Å². The molecule has 0 bridgehead atoms. The van der Waals surface area contributed by atoms with E-state index in [-0.39, 0.29) is 30.1 Å². The van der Waals surface area contributed by atoms with Crippen molar-refractivity contribution < 1.29 is 29.1 Å². The number of hydrogen-bond acceptors (Lipinski definition) is 9. The fraction of sp³-hybridized carbons (Fsp3) is 0.346. The average Bonchev–Trinajstić information content (AvgIpc) is 2.93. The summed E-state index contributed by atoms with van der Waals surface area (Å²) in [6.45, 7) is -0.444. The zero-order chi connectivity index (χ0) is 29.1. The lowest BCUT2D eigenvalue weighted by atomic mass is 10.0. The standard InChI is InChI=1S/C26H32N6O6S2/c27-18(10-16-6-8-17(33)9-7-16)24(36)32-21-14-40-39-13-20(23(28)35)31-26(38)19(11-15-4-2-1-3-5-15)30-22(34)12-29-25(21)37/h1-9,18-21,33H,10-14,27H2,(H2,28,35)(H,29,37)(H,30,34)(H,31,38)(H,32,36)/t18-,19-,20+,21+/m0/s1. The molecule has 1 aliphatic heterocycles. The van der Waals surface area contributed by atoms with Crippen molar-refractivity contribution in [3.63, 3.8) is 0 Å². The summed E-state index contributed by atoms with van der Waals surface area (Å²) < 4.78 is 0. The molecule has 3 rings (SSSR count). The van der Waals surface area contributed by atoms with Gasteiger partial charge in [0.1, 0.15) is 23.9 Å². The van der Waals surface area contributed by atoms with Crippen LogP contribution in [0, 0.1) is 0 Å². The van der Waals surface area contributed by atoms with Crippen molar-refractivity contribution in [1.82, 2.24) is 21.3 Å². The molecule has 5 amide bonds. The fourth-order valence-corrected chi connectivity index (χ4v) is 6.08. The van der Waals surface area contributed by atoms with Gasteiger partial charge in [0, 0.05) is 17.9 Å². The SMILES string of the molecule is NC(=O)[C@H]1CSSC[C@@H](NC(=O)[C@@H](N)Cc2ccc(O)cc2)C(=O)NCC(=O)N[C@@H](Cc2ccccc2)C(=O)N1. The van der Waals surface area contributed by atoms with Gasteiger partial charge in [-0.25, -0.2) is 0 Å².